The Morgan fingerprint density at radius 1 is 1.29 bits per heavy atom. The van der Waals surface area contributed by atoms with Crippen LogP contribution in [0.4, 0.5) is 4.39 Å². The fraction of sp³-hybridized carbons (Fsp3) is 0.529. The molecule has 1 aromatic carbocycles. The van der Waals surface area contributed by atoms with Crippen LogP contribution in [0.25, 0.3) is 0 Å². The summed E-state index contributed by atoms with van der Waals surface area (Å²) in [6.07, 6.45) is 1.71. The molecule has 1 N–H and O–H groups in total. The molecule has 24 heavy (non-hydrogen) atoms. The van der Waals surface area contributed by atoms with Crippen molar-refractivity contribution in [2.75, 3.05) is 32.8 Å². The van der Waals surface area contributed by atoms with Gasteiger partial charge in [0.1, 0.15) is 23.8 Å². The van der Waals surface area contributed by atoms with E-state index in [2.05, 4.69) is 0 Å². The fourth-order valence-electron chi connectivity index (χ4n) is 3.07. The number of hydrogen-bond donors (Lipinski definition) is 1. The Labute approximate surface area is 139 Å². The van der Waals surface area contributed by atoms with E-state index in [9.17, 15) is 19.1 Å². The highest BCUT2D eigenvalue weighted by Crippen LogP contribution is 2.24. The number of nitrogens with zero attached hydrogens (tertiary/aromatic N) is 2. The molecule has 130 valence electrons. The van der Waals surface area contributed by atoms with Gasteiger partial charge in [-0.2, -0.15) is 0 Å². The predicted octanol–water partition coefficient (Wildman–Crippen LogP) is 0.790. The standard InChI is InChI=1S/C17H21FN2O4/c18-13-3-5-14(6-4-13)24-12-17(23)7-9-20(11-17)16(22)10-19-8-1-2-15(19)21/h3-6,23H,1-2,7-12H2. The van der Waals surface area contributed by atoms with Gasteiger partial charge in [-0.25, -0.2) is 4.39 Å². The number of halogens is 1. The molecular weight excluding hydrogens is 315 g/mol. The van der Waals surface area contributed by atoms with Crippen LogP contribution in [0.3, 0.4) is 0 Å². The Hall–Kier alpha value is -2.15. The molecule has 0 radical (unpaired) electrons. The molecule has 0 aliphatic carbocycles. The first-order valence-corrected chi connectivity index (χ1v) is 8.11. The van der Waals surface area contributed by atoms with Crippen molar-refractivity contribution in [1.29, 1.82) is 0 Å². The van der Waals surface area contributed by atoms with Crippen molar-refractivity contribution in [2.24, 2.45) is 0 Å². The van der Waals surface area contributed by atoms with Crippen molar-refractivity contribution in [2.45, 2.75) is 24.9 Å². The highest BCUT2D eigenvalue weighted by Gasteiger charge is 2.39. The number of aliphatic hydroxyl groups is 1. The monoisotopic (exact) mass is 336 g/mol. The van der Waals surface area contributed by atoms with Crippen molar-refractivity contribution in [3.8, 4) is 5.75 Å². The van der Waals surface area contributed by atoms with Gasteiger partial charge in [0, 0.05) is 19.5 Å². The van der Waals surface area contributed by atoms with Gasteiger partial charge in [-0.1, -0.05) is 0 Å². The second-order valence-corrected chi connectivity index (χ2v) is 6.45. The molecule has 2 amide bonds. The molecule has 1 atom stereocenters. The molecule has 7 heteroatoms. The average Bonchev–Trinajstić information content (AvgIpc) is 3.14. The van der Waals surface area contributed by atoms with Gasteiger partial charge in [-0.3, -0.25) is 9.59 Å². The van der Waals surface area contributed by atoms with Crippen LogP contribution in [-0.2, 0) is 9.59 Å². The van der Waals surface area contributed by atoms with E-state index in [1.54, 1.807) is 9.80 Å². The van der Waals surface area contributed by atoms with Gasteiger partial charge in [0.15, 0.2) is 0 Å². The Bertz CT molecular complexity index is 622. The summed E-state index contributed by atoms with van der Waals surface area (Å²) in [6, 6.07) is 5.57. The van der Waals surface area contributed by atoms with Crippen LogP contribution in [0.5, 0.6) is 5.75 Å². The molecule has 2 aliphatic heterocycles. The third kappa shape index (κ3) is 3.84. The third-order valence-electron chi connectivity index (χ3n) is 4.50. The number of amides is 2. The number of likely N-dealkylation sites (tertiary alicyclic amines) is 2. The van der Waals surface area contributed by atoms with E-state index in [-0.39, 0.29) is 37.3 Å². The SMILES string of the molecule is O=C1CCCN1CC(=O)N1CCC(O)(COc2ccc(F)cc2)C1. The first-order chi connectivity index (χ1) is 11.5. The summed E-state index contributed by atoms with van der Waals surface area (Å²) >= 11 is 0. The maximum Gasteiger partial charge on any atom is 0.242 e. The Balaban J connectivity index is 1.50. The van der Waals surface area contributed by atoms with Crippen LogP contribution < -0.4 is 4.74 Å². The van der Waals surface area contributed by atoms with Gasteiger partial charge >= 0.3 is 0 Å². The summed E-state index contributed by atoms with van der Waals surface area (Å²) in [5.41, 5.74) is -1.13. The van der Waals surface area contributed by atoms with E-state index < -0.39 is 5.60 Å². The highest BCUT2D eigenvalue weighted by molar-refractivity contribution is 5.86. The van der Waals surface area contributed by atoms with Crippen LogP contribution in [0.2, 0.25) is 0 Å². The van der Waals surface area contributed by atoms with Gasteiger partial charge in [0.05, 0.1) is 13.1 Å². The lowest BCUT2D eigenvalue weighted by Crippen LogP contribution is -2.44. The minimum absolute atomic E-state index is 0.0115. The second kappa shape index (κ2) is 6.76. The van der Waals surface area contributed by atoms with Gasteiger partial charge in [-0.05, 0) is 37.1 Å². The molecule has 6 nitrogen and oxygen atoms in total. The van der Waals surface area contributed by atoms with Crippen molar-refractivity contribution in [1.82, 2.24) is 9.80 Å². The fourth-order valence-corrected chi connectivity index (χ4v) is 3.07. The summed E-state index contributed by atoms with van der Waals surface area (Å²) < 4.78 is 18.4. The minimum Gasteiger partial charge on any atom is -0.491 e. The lowest BCUT2D eigenvalue weighted by atomic mass is 10.1. The predicted molar refractivity (Wildman–Crippen MR) is 83.9 cm³/mol. The zero-order chi connectivity index (χ0) is 17.2. The molecule has 1 aromatic rings. The number of rotatable bonds is 5. The number of carbonyl (C=O) groups excluding carboxylic acids is 2. The molecule has 0 spiro atoms. The maximum atomic E-state index is 12.9. The zero-order valence-corrected chi connectivity index (χ0v) is 13.4. The lowest BCUT2D eigenvalue weighted by molar-refractivity contribution is -0.138. The molecule has 2 heterocycles. The van der Waals surface area contributed by atoms with Crippen molar-refractivity contribution < 1.29 is 23.8 Å². The number of carbonyl (C=O) groups is 2. The molecule has 0 saturated carbocycles. The van der Waals surface area contributed by atoms with Gasteiger partial charge in [0.25, 0.3) is 0 Å². The first kappa shape index (κ1) is 16.7. The van der Waals surface area contributed by atoms with E-state index in [1.165, 1.54) is 24.3 Å². The summed E-state index contributed by atoms with van der Waals surface area (Å²) in [5.74, 6) is -0.0205. The lowest BCUT2D eigenvalue weighted by Gasteiger charge is -2.25. The van der Waals surface area contributed by atoms with E-state index in [1.807, 2.05) is 0 Å². The average molecular weight is 336 g/mol. The zero-order valence-electron chi connectivity index (χ0n) is 13.4. The molecule has 1 unspecified atom stereocenters. The van der Waals surface area contributed by atoms with E-state index >= 15 is 0 Å². The van der Waals surface area contributed by atoms with E-state index in [0.717, 1.165) is 6.42 Å². The van der Waals surface area contributed by atoms with E-state index in [4.69, 9.17) is 4.74 Å². The summed E-state index contributed by atoms with van der Waals surface area (Å²) in [6.45, 7) is 1.34. The molecule has 3 rings (SSSR count). The van der Waals surface area contributed by atoms with Crippen molar-refractivity contribution >= 4 is 11.8 Å². The van der Waals surface area contributed by atoms with Crippen LogP contribution >= 0.6 is 0 Å². The van der Waals surface area contributed by atoms with Crippen LogP contribution in [0, 0.1) is 5.82 Å². The summed E-state index contributed by atoms with van der Waals surface area (Å²) in [5, 5.41) is 10.6. The largest absolute Gasteiger partial charge is 0.491 e. The van der Waals surface area contributed by atoms with Gasteiger partial charge in [-0.15, -0.1) is 0 Å². The first-order valence-electron chi connectivity index (χ1n) is 8.11. The normalized spacial score (nSPS) is 23.8. The molecule has 0 bridgehead atoms. The van der Waals surface area contributed by atoms with Crippen LogP contribution in [0.15, 0.2) is 24.3 Å². The van der Waals surface area contributed by atoms with E-state index in [0.29, 0.717) is 31.7 Å². The van der Waals surface area contributed by atoms with Gasteiger partial charge < -0.3 is 19.6 Å². The van der Waals surface area contributed by atoms with Crippen molar-refractivity contribution in [3.05, 3.63) is 30.1 Å². The second-order valence-electron chi connectivity index (χ2n) is 6.45. The minimum atomic E-state index is -1.13. The Morgan fingerprint density at radius 2 is 2.04 bits per heavy atom. The smallest absolute Gasteiger partial charge is 0.242 e. The Kier molecular flexibility index (Phi) is 4.71. The summed E-state index contributed by atoms with van der Waals surface area (Å²) in [7, 11) is 0. The third-order valence-corrected chi connectivity index (χ3v) is 4.50. The quantitative estimate of drug-likeness (QED) is 0.863. The number of ether oxygens (including phenoxy) is 1. The van der Waals surface area contributed by atoms with Crippen molar-refractivity contribution in [3.63, 3.8) is 0 Å². The number of hydrogen-bond acceptors (Lipinski definition) is 4. The number of benzene rings is 1. The number of β-amino-alcohol motifs (C(OH)–C–C–N with tert-alkyl or cyclic N) is 1. The molecule has 2 aliphatic rings. The highest BCUT2D eigenvalue weighted by atomic mass is 19.1. The van der Waals surface area contributed by atoms with Crippen LogP contribution in [-0.4, -0.2) is 65.1 Å². The molecule has 0 aromatic heterocycles. The topological polar surface area (TPSA) is 70.1 Å². The Morgan fingerprint density at radius 3 is 2.71 bits per heavy atom. The molecule has 2 fully saturated rings. The molecular formula is C17H21FN2O4. The van der Waals surface area contributed by atoms with Crippen LogP contribution in [0.1, 0.15) is 19.3 Å². The molecule has 2 saturated heterocycles. The summed E-state index contributed by atoms with van der Waals surface area (Å²) in [4.78, 5) is 27.0. The maximum absolute atomic E-state index is 12.9. The van der Waals surface area contributed by atoms with Gasteiger partial charge in [0.2, 0.25) is 11.8 Å².